The highest BCUT2D eigenvalue weighted by molar-refractivity contribution is 5.89. The molecule has 0 N–H and O–H groups in total. The minimum Gasteiger partial charge on any atom is -0.462 e. The summed E-state index contributed by atoms with van der Waals surface area (Å²) in [6, 6.07) is 7.70. The van der Waals surface area contributed by atoms with Gasteiger partial charge in [-0.3, -0.25) is 4.79 Å². The van der Waals surface area contributed by atoms with E-state index < -0.39 is 0 Å². The van der Waals surface area contributed by atoms with Crippen molar-refractivity contribution in [2.45, 2.75) is 149 Å². The quantitative estimate of drug-likeness (QED) is 0.105. The third-order valence-electron chi connectivity index (χ3n) is 14.3. The summed E-state index contributed by atoms with van der Waals surface area (Å²) in [4.78, 5) is 25.3. The summed E-state index contributed by atoms with van der Waals surface area (Å²) in [7, 11) is 0. The van der Waals surface area contributed by atoms with Crippen molar-refractivity contribution in [3.63, 3.8) is 0 Å². The van der Waals surface area contributed by atoms with Gasteiger partial charge in [0.2, 0.25) is 0 Å². The monoisotopic (exact) mass is 682 g/mol. The number of esters is 2. The van der Waals surface area contributed by atoms with Gasteiger partial charge in [0.1, 0.15) is 6.10 Å². The van der Waals surface area contributed by atoms with Gasteiger partial charge in [-0.2, -0.15) is 0 Å². The van der Waals surface area contributed by atoms with Crippen molar-refractivity contribution >= 4 is 11.9 Å². The van der Waals surface area contributed by atoms with Crippen molar-refractivity contribution in [3.8, 4) is 0 Å². The van der Waals surface area contributed by atoms with Crippen LogP contribution in [0.3, 0.4) is 0 Å². The van der Waals surface area contributed by atoms with Gasteiger partial charge < -0.3 is 9.47 Å². The molecule has 1 aromatic rings. The van der Waals surface area contributed by atoms with Crippen molar-refractivity contribution in [2.75, 3.05) is 6.61 Å². The molecule has 1 aromatic carbocycles. The molecule has 5 aliphatic rings. The highest BCUT2D eigenvalue weighted by Gasteiger charge is 2.59. The maximum Gasteiger partial charge on any atom is 0.338 e. The van der Waals surface area contributed by atoms with Crippen molar-refractivity contribution in [2.24, 2.45) is 46.3 Å². The van der Waals surface area contributed by atoms with Gasteiger partial charge in [0.25, 0.3) is 0 Å². The highest BCUT2D eigenvalue weighted by Crippen LogP contribution is 2.67. The molecule has 50 heavy (non-hydrogen) atoms. The van der Waals surface area contributed by atoms with E-state index in [4.69, 9.17) is 9.47 Å². The van der Waals surface area contributed by atoms with Crippen LogP contribution >= 0.6 is 0 Å². The zero-order chi connectivity index (χ0) is 35.3. The van der Waals surface area contributed by atoms with Crippen LogP contribution in [-0.4, -0.2) is 24.6 Å². The Balaban J connectivity index is 0.888. The summed E-state index contributed by atoms with van der Waals surface area (Å²) in [5, 5.41) is 0. The Morgan fingerprint density at radius 1 is 0.840 bits per heavy atom. The molecule has 0 amide bonds. The number of carbonyl (C=O) groups excluding carboxylic acids is 2. The number of allylic oxidation sites excluding steroid dienone is 5. The smallest absolute Gasteiger partial charge is 0.338 e. The lowest BCUT2D eigenvalue weighted by atomic mass is 9.47. The maximum absolute atomic E-state index is 12.8. The summed E-state index contributed by atoms with van der Waals surface area (Å²) in [6.45, 7) is 13.0. The lowest BCUT2D eigenvalue weighted by molar-refractivity contribution is -0.151. The van der Waals surface area contributed by atoms with Gasteiger partial charge in [0.15, 0.2) is 0 Å². The predicted molar refractivity (Wildman–Crippen MR) is 204 cm³/mol. The van der Waals surface area contributed by atoms with Crippen LogP contribution in [-0.2, 0) is 14.3 Å². The van der Waals surface area contributed by atoms with Gasteiger partial charge in [-0.1, -0.05) is 115 Å². The highest BCUT2D eigenvalue weighted by atomic mass is 16.5. The Labute approximate surface area is 303 Å². The van der Waals surface area contributed by atoms with Crippen LogP contribution in [0.2, 0.25) is 0 Å². The number of unbranched alkanes of at least 4 members (excludes halogenated alkanes) is 3. The van der Waals surface area contributed by atoms with Crippen molar-refractivity contribution in [1.82, 2.24) is 0 Å². The van der Waals surface area contributed by atoms with E-state index in [9.17, 15) is 9.59 Å². The summed E-state index contributed by atoms with van der Waals surface area (Å²) >= 11 is 0. The molecule has 0 aliphatic heterocycles. The first-order valence-corrected chi connectivity index (χ1v) is 20.6. The molecule has 4 heteroatoms. The molecule has 8 atom stereocenters. The van der Waals surface area contributed by atoms with Crippen LogP contribution in [0, 0.1) is 46.3 Å². The minimum atomic E-state index is -0.267. The zero-order valence-corrected chi connectivity index (χ0v) is 32.0. The second-order valence-corrected chi connectivity index (χ2v) is 17.9. The van der Waals surface area contributed by atoms with E-state index in [0.717, 1.165) is 80.5 Å². The molecule has 6 rings (SSSR count). The Kier molecular flexibility index (Phi) is 12.2. The van der Waals surface area contributed by atoms with E-state index in [1.807, 2.05) is 36.4 Å². The second kappa shape index (κ2) is 16.4. The third kappa shape index (κ3) is 8.20. The molecule has 0 unspecified atom stereocenters. The Morgan fingerprint density at radius 2 is 1.60 bits per heavy atom. The molecule has 274 valence electrons. The minimum absolute atomic E-state index is 0.0364. The molecule has 4 nitrogen and oxygen atoms in total. The average molecular weight is 683 g/mol. The first-order valence-electron chi connectivity index (χ1n) is 20.6. The van der Waals surface area contributed by atoms with Crippen LogP contribution in [0.5, 0.6) is 0 Å². The second-order valence-electron chi connectivity index (χ2n) is 17.9. The first kappa shape index (κ1) is 37.1. The lowest BCUT2D eigenvalue weighted by Gasteiger charge is -2.58. The van der Waals surface area contributed by atoms with Gasteiger partial charge in [-0.15, -0.1) is 0 Å². The topological polar surface area (TPSA) is 52.6 Å². The fourth-order valence-electron chi connectivity index (χ4n) is 11.5. The fraction of sp³-hybridized carbons (Fsp3) is 0.696. The molecule has 0 radical (unpaired) electrons. The number of hydrogen-bond donors (Lipinski definition) is 0. The van der Waals surface area contributed by atoms with Crippen LogP contribution in [0.25, 0.3) is 0 Å². The summed E-state index contributed by atoms with van der Waals surface area (Å²) < 4.78 is 11.6. The molecule has 0 saturated heterocycles. The van der Waals surface area contributed by atoms with Crippen molar-refractivity contribution in [1.29, 1.82) is 0 Å². The molecule has 0 bridgehead atoms. The molecule has 0 heterocycles. The molecule has 5 aliphatic carbocycles. The van der Waals surface area contributed by atoms with Gasteiger partial charge in [-0.05, 0) is 122 Å². The fourth-order valence-corrected chi connectivity index (χ4v) is 11.5. The Morgan fingerprint density at radius 3 is 2.36 bits per heavy atom. The lowest BCUT2D eigenvalue weighted by Crippen LogP contribution is -2.51. The summed E-state index contributed by atoms with van der Waals surface area (Å²) in [6.07, 6.45) is 29.2. The number of fused-ring (bicyclic) bond motifs is 5. The van der Waals surface area contributed by atoms with Gasteiger partial charge >= 0.3 is 11.9 Å². The van der Waals surface area contributed by atoms with E-state index >= 15 is 0 Å². The van der Waals surface area contributed by atoms with E-state index in [-0.39, 0.29) is 23.5 Å². The molecule has 0 aromatic heterocycles. The summed E-state index contributed by atoms with van der Waals surface area (Å²) in [5.74, 6) is 5.07. The van der Waals surface area contributed by atoms with Gasteiger partial charge in [-0.25, -0.2) is 4.79 Å². The van der Waals surface area contributed by atoms with Crippen molar-refractivity contribution in [3.05, 3.63) is 71.3 Å². The molecular formula is C46H66O4. The number of rotatable bonds is 15. The SMILES string of the molecule is CC(C)CCC[C@@H](C)[C@H]1CC[C@H]2[C@@H]3CC=C4C[C@@H](OC(=O)CCCCCCOC(=O)c5ccc(C6C=CC=C6)cc5)CC[C@]4(C)[C@H]3CC[C@]12C. The molecule has 3 saturated carbocycles. The summed E-state index contributed by atoms with van der Waals surface area (Å²) in [5.41, 5.74) is 4.17. The Hall–Kier alpha value is -2.62. The largest absolute Gasteiger partial charge is 0.462 e. The molecule has 3 fully saturated rings. The van der Waals surface area contributed by atoms with E-state index in [1.54, 1.807) is 5.57 Å². The van der Waals surface area contributed by atoms with Crippen LogP contribution < -0.4 is 0 Å². The molecule has 0 spiro atoms. The van der Waals surface area contributed by atoms with Crippen LogP contribution in [0.15, 0.2) is 60.2 Å². The number of hydrogen-bond acceptors (Lipinski definition) is 4. The number of carbonyl (C=O) groups is 2. The number of benzene rings is 1. The van der Waals surface area contributed by atoms with E-state index in [1.165, 1.54) is 56.9 Å². The first-order chi connectivity index (χ1) is 24.1. The maximum atomic E-state index is 12.8. The van der Waals surface area contributed by atoms with Gasteiger partial charge in [0.05, 0.1) is 12.2 Å². The van der Waals surface area contributed by atoms with Crippen molar-refractivity contribution < 1.29 is 19.1 Å². The van der Waals surface area contributed by atoms with E-state index in [0.29, 0.717) is 29.9 Å². The standard InChI is InChI=1S/C46H66O4/c1-32(2)13-12-14-33(3)40-24-25-41-39-23-22-37-31-38(26-28-45(37,4)42(39)27-29-46(40,41)5)50-43(47)17-8-6-7-11-30-49-44(48)36-20-18-35(19-21-36)34-15-9-10-16-34/h9-10,15-16,18-22,32-34,38-42H,6-8,11-14,17,23-31H2,1-5H3/t33-,38+,39+,40-,41+,42+,45+,46-/m1/s1. The number of ether oxygens (including phenoxy) is 2. The normalized spacial score (nSPS) is 32.3. The van der Waals surface area contributed by atoms with E-state index in [2.05, 4.69) is 52.8 Å². The van der Waals surface area contributed by atoms with Gasteiger partial charge in [0, 0.05) is 18.8 Å². The zero-order valence-electron chi connectivity index (χ0n) is 32.0. The molecular weight excluding hydrogens is 617 g/mol. The predicted octanol–water partition coefficient (Wildman–Crippen LogP) is 12.0. The third-order valence-corrected chi connectivity index (χ3v) is 14.3. The average Bonchev–Trinajstić information content (AvgIpc) is 3.76. The van der Waals surface area contributed by atoms with Crippen LogP contribution in [0.4, 0.5) is 0 Å². The van der Waals surface area contributed by atoms with Crippen LogP contribution in [0.1, 0.15) is 159 Å². The Bertz CT molecular complexity index is 1390.